The molecule has 0 heterocycles. The average molecular weight is 327 g/mol. The van der Waals surface area contributed by atoms with Crippen LogP contribution in [0.5, 0.6) is 11.5 Å². The second-order valence-electron chi connectivity index (χ2n) is 5.30. The van der Waals surface area contributed by atoms with Crippen molar-refractivity contribution in [2.24, 2.45) is 0 Å². The van der Waals surface area contributed by atoms with Gasteiger partial charge in [-0.1, -0.05) is 12.1 Å². The first-order valence-corrected chi connectivity index (χ1v) is 7.76. The Bertz CT molecular complexity index is 665. The van der Waals surface area contributed by atoms with Gasteiger partial charge in [-0.05, 0) is 48.9 Å². The van der Waals surface area contributed by atoms with Crippen LogP contribution in [0.25, 0.3) is 0 Å². The summed E-state index contributed by atoms with van der Waals surface area (Å²) in [4.78, 5) is 24.3. The Balaban J connectivity index is 1.83. The summed E-state index contributed by atoms with van der Waals surface area (Å²) in [6.45, 7) is 3.02. The number of likely N-dealkylation sites (N-methyl/N-ethyl adjacent to an activating group) is 1. The summed E-state index contributed by atoms with van der Waals surface area (Å²) in [5.41, 5.74) is 1.59. The van der Waals surface area contributed by atoms with Gasteiger partial charge in [0.2, 0.25) is 0 Å². The summed E-state index contributed by atoms with van der Waals surface area (Å²) >= 11 is 0. The van der Waals surface area contributed by atoms with Crippen molar-refractivity contribution >= 4 is 12.2 Å². The lowest BCUT2D eigenvalue weighted by molar-refractivity contribution is -0.132. The smallest absolute Gasteiger partial charge is 0.260 e. The van der Waals surface area contributed by atoms with Crippen LogP contribution in [-0.4, -0.2) is 37.4 Å². The lowest BCUT2D eigenvalue weighted by Crippen LogP contribution is -2.30. The predicted octanol–water partition coefficient (Wildman–Crippen LogP) is 2.94. The zero-order valence-electron chi connectivity index (χ0n) is 13.9. The fourth-order valence-corrected chi connectivity index (χ4v) is 2.12. The fraction of sp³-hybridized carbons (Fsp3) is 0.263. The number of hydrogen-bond acceptors (Lipinski definition) is 4. The van der Waals surface area contributed by atoms with E-state index in [0.717, 1.165) is 17.6 Å². The van der Waals surface area contributed by atoms with Crippen LogP contribution < -0.4 is 9.47 Å². The molecule has 5 heteroatoms. The van der Waals surface area contributed by atoms with Gasteiger partial charge in [0.25, 0.3) is 5.91 Å². The Morgan fingerprint density at radius 3 is 2.17 bits per heavy atom. The maximum atomic E-state index is 12.1. The van der Waals surface area contributed by atoms with Gasteiger partial charge in [0.05, 0.1) is 6.61 Å². The van der Waals surface area contributed by atoms with Crippen LogP contribution >= 0.6 is 0 Å². The molecule has 5 nitrogen and oxygen atoms in total. The van der Waals surface area contributed by atoms with Gasteiger partial charge in [0.15, 0.2) is 6.61 Å². The van der Waals surface area contributed by atoms with Crippen molar-refractivity contribution in [2.45, 2.75) is 13.5 Å². The third-order valence-electron chi connectivity index (χ3n) is 3.46. The van der Waals surface area contributed by atoms with Crippen molar-refractivity contribution in [3.05, 3.63) is 59.7 Å². The molecule has 2 aromatic rings. The Labute approximate surface area is 141 Å². The number of nitrogens with zero attached hydrogens (tertiary/aromatic N) is 1. The SMILES string of the molecule is CCOc1ccc(CN(C)C(=O)COc2ccc(C=O)cc2)cc1. The lowest BCUT2D eigenvalue weighted by atomic mass is 10.2. The van der Waals surface area contributed by atoms with Crippen LogP contribution in [0.4, 0.5) is 0 Å². The standard InChI is InChI=1S/C19H21NO4/c1-3-23-17-8-4-15(5-9-17)12-20(2)19(22)14-24-18-10-6-16(13-21)7-11-18/h4-11,13H,3,12,14H2,1-2H3. The molecule has 0 aromatic heterocycles. The quantitative estimate of drug-likeness (QED) is 0.700. The molecule has 1 amide bonds. The van der Waals surface area contributed by atoms with Gasteiger partial charge in [-0.3, -0.25) is 9.59 Å². The Kier molecular flexibility index (Phi) is 6.37. The first-order chi connectivity index (χ1) is 11.6. The third-order valence-corrected chi connectivity index (χ3v) is 3.46. The molecular formula is C19H21NO4. The fourth-order valence-electron chi connectivity index (χ4n) is 2.12. The molecule has 0 aliphatic heterocycles. The molecule has 24 heavy (non-hydrogen) atoms. The minimum absolute atomic E-state index is 0.0477. The van der Waals surface area contributed by atoms with E-state index in [9.17, 15) is 9.59 Å². The van der Waals surface area contributed by atoms with Gasteiger partial charge in [-0.25, -0.2) is 0 Å². The van der Waals surface area contributed by atoms with Crippen molar-refractivity contribution in [3.8, 4) is 11.5 Å². The third kappa shape index (κ3) is 5.12. The second kappa shape index (κ2) is 8.72. The summed E-state index contributed by atoms with van der Waals surface area (Å²) in [5, 5.41) is 0. The normalized spacial score (nSPS) is 10.1. The molecule has 0 fully saturated rings. The minimum atomic E-state index is -0.122. The van der Waals surface area contributed by atoms with Crippen molar-refractivity contribution in [1.29, 1.82) is 0 Å². The largest absolute Gasteiger partial charge is 0.494 e. The van der Waals surface area contributed by atoms with E-state index >= 15 is 0 Å². The number of amides is 1. The number of carbonyl (C=O) groups is 2. The topological polar surface area (TPSA) is 55.8 Å². The van der Waals surface area contributed by atoms with Gasteiger partial charge in [0, 0.05) is 19.2 Å². The van der Waals surface area contributed by atoms with E-state index < -0.39 is 0 Å². The zero-order valence-corrected chi connectivity index (χ0v) is 13.9. The van der Waals surface area contributed by atoms with Gasteiger partial charge < -0.3 is 14.4 Å². The molecule has 126 valence electrons. The Morgan fingerprint density at radius 1 is 1.00 bits per heavy atom. The number of rotatable bonds is 8. The molecule has 2 rings (SSSR count). The summed E-state index contributed by atoms with van der Waals surface area (Å²) < 4.78 is 10.8. The van der Waals surface area contributed by atoms with E-state index in [0.29, 0.717) is 24.5 Å². The molecule has 0 unspecified atom stereocenters. The van der Waals surface area contributed by atoms with Crippen LogP contribution in [0, 0.1) is 0 Å². The van der Waals surface area contributed by atoms with Gasteiger partial charge in [-0.2, -0.15) is 0 Å². The van der Waals surface area contributed by atoms with E-state index in [1.807, 2.05) is 31.2 Å². The molecule has 0 aliphatic carbocycles. The molecule has 2 aromatic carbocycles. The highest BCUT2D eigenvalue weighted by Crippen LogP contribution is 2.14. The van der Waals surface area contributed by atoms with Crippen molar-refractivity contribution in [2.75, 3.05) is 20.3 Å². The molecule has 0 radical (unpaired) electrons. The van der Waals surface area contributed by atoms with Gasteiger partial charge >= 0.3 is 0 Å². The number of benzene rings is 2. The van der Waals surface area contributed by atoms with Crippen molar-refractivity contribution in [3.63, 3.8) is 0 Å². The second-order valence-corrected chi connectivity index (χ2v) is 5.30. The van der Waals surface area contributed by atoms with Gasteiger partial charge in [-0.15, -0.1) is 0 Å². The molecule has 0 spiro atoms. The van der Waals surface area contributed by atoms with E-state index in [1.54, 1.807) is 36.2 Å². The van der Waals surface area contributed by atoms with Crippen molar-refractivity contribution < 1.29 is 19.1 Å². The molecule has 0 bridgehead atoms. The Morgan fingerprint density at radius 2 is 1.58 bits per heavy atom. The maximum Gasteiger partial charge on any atom is 0.260 e. The molecular weight excluding hydrogens is 306 g/mol. The number of ether oxygens (including phenoxy) is 2. The van der Waals surface area contributed by atoms with Crippen LogP contribution in [0.1, 0.15) is 22.8 Å². The highest BCUT2D eigenvalue weighted by Gasteiger charge is 2.10. The summed E-state index contributed by atoms with van der Waals surface area (Å²) in [5.74, 6) is 1.25. The number of carbonyl (C=O) groups excluding carboxylic acids is 2. The van der Waals surface area contributed by atoms with Crippen LogP contribution in [0.3, 0.4) is 0 Å². The number of hydrogen-bond donors (Lipinski definition) is 0. The highest BCUT2D eigenvalue weighted by molar-refractivity contribution is 5.77. The first-order valence-electron chi connectivity index (χ1n) is 7.76. The molecule has 0 atom stereocenters. The zero-order chi connectivity index (χ0) is 17.4. The van der Waals surface area contributed by atoms with E-state index in [4.69, 9.17) is 9.47 Å². The molecule has 0 aliphatic rings. The average Bonchev–Trinajstić information content (AvgIpc) is 2.62. The first kappa shape index (κ1) is 17.5. The minimum Gasteiger partial charge on any atom is -0.494 e. The lowest BCUT2D eigenvalue weighted by Gasteiger charge is -2.18. The maximum absolute atomic E-state index is 12.1. The van der Waals surface area contributed by atoms with Crippen LogP contribution in [-0.2, 0) is 11.3 Å². The summed E-state index contributed by atoms with van der Waals surface area (Å²) in [6, 6.07) is 14.3. The van der Waals surface area contributed by atoms with E-state index in [-0.39, 0.29) is 12.5 Å². The molecule has 0 saturated heterocycles. The van der Waals surface area contributed by atoms with Crippen molar-refractivity contribution in [1.82, 2.24) is 4.90 Å². The monoisotopic (exact) mass is 327 g/mol. The molecule has 0 N–H and O–H groups in total. The number of aldehydes is 1. The van der Waals surface area contributed by atoms with E-state index in [1.165, 1.54) is 0 Å². The van der Waals surface area contributed by atoms with E-state index in [2.05, 4.69) is 0 Å². The van der Waals surface area contributed by atoms with Gasteiger partial charge in [0.1, 0.15) is 17.8 Å². The summed E-state index contributed by atoms with van der Waals surface area (Å²) in [7, 11) is 1.73. The molecule has 0 saturated carbocycles. The van der Waals surface area contributed by atoms with Crippen LogP contribution in [0.15, 0.2) is 48.5 Å². The predicted molar refractivity (Wildman–Crippen MR) is 91.4 cm³/mol. The summed E-state index contributed by atoms with van der Waals surface area (Å²) in [6.07, 6.45) is 0.763. The van der Waals surface area contributed by atoms with Crippen LogP contribution in [0.2, 0.25) is 0 Å². The Hall–Kier alpha value is -2.82. The highest BCUT2D eigenvalue weighted by atomic mass is 16.5.